The molecule has 35 heavy (non-hydrogen) atoms. The smallest absolute Gasteiger partial charge is 0.410 e. The normalized spacial score (nSPS) is 15.1. The van der Waals surface area contributed by atoms with Gasteiger partial charge in [-0.05, 0) is 52.5 Å². The van der Waals surface area contributed by atoms with Gasteiger partial charge in [0.1, 0.15) is 16.8 Å². The van der Waals surface area contributed by atoms with Crippen LogP contribution in [0.15, 0.2) is 29.5 Å². The second-order valence-electron chi connectivity index (χ2n) is 9.64. The van der Waals surface area contributed by atoms with E-state index in [4.69, 9.17) is 4.74 Å². The minimum absolute atomic E-state index is 0.00565. The van der Waals surface area contributed by atoms with Crippen LogP contribution in [-0.4, -0.2) is 54.2 Å². The summed E-state index contributed by atoms with van der Waals surface area (Å²) in [5, 5.41) is 0. The van der Waals surface area contributed by atoms with Crippen molar-refractivity contribution in [1.29, 1.82) is 0 Å². The van der Waals surface area contributed by atoms with Crippen LogP contribution in [0.5, 0.6) is 0 Å². The molecule has 1 aliphatic heterocycles. The lowest BCUT2D eigenvalue weighted by atomic mass is 9.90. The molecule has 1 amide bonds. The summed E-state index contributed by atoms with van der Waals surface area (Å²) in [4.78, 5) is 44.4. The van der Waals surface area contributed by atoms with Crippen LogP contribution in [0.2, 0.25) is 0 Å². The molecule has 3 aromatic heterocycles. The van der Waals surface area contributed by atoms with Gasteiger partial charge in [0, 0.05) is 37.2 Å². The molecule has 0 atom stereocenters. The van der Waals surface area contributed by atoms with Crippen molar-refractivity contribution in [3.8, 4) is 0 Å². The van der Waals surface area contributed by atoms with Gasteiger partial charge in [0.05, 0.1) is 17.9 Å². The molecule has 186 valence electrons. The lowest BCUT2D eigenvalue weighted by molar-refractivity contribution is 0.0204. The number of piperidine rings is 1. The van der Waals surface area contributed by atoms with E-state index in [1.165, 1.54) is 17.0 Å². The zero-order chi connectivity index (χ0) is 25.3. The monoisotopic (exact) mass is 486 g/mol. The minimum Gasteiger partial charge on any atom is -0.444 e. The van der Waals surface area contributed by atoms with Crippen molar-refractivity contribution in [2.75, 3.05) is 13.1 Å². The van der Waals surface area contributed by atoms with Gasteiger partial charge < -0.3 is 9.64 Å². The van der Waals surface area contributed by atoms with E-state index in [0.29, 0.717) is 48.4 Å². The fourth-order valence-corrected chi connectivity index (χ4v) is 4.21. The van der Waals surface area contributed by atoms with Gasteiger partial charge in [-0.25, -0.2) is 18.6 Å². The number of nitrogens with zero attached hydrogens (tertiary/aromatic N) is 6. The topological polar surface area (TPSA) is 103 Å². The third kappa shape index (κ3) is 5.44. The number of aromatic nitrogens is 5. The Labute approximate surface area is 201 Å². The lowest BCUT2D eigenvalue weighted by Crippen LogP contribution is -2.42. The highest BCUT2D eigenvalue weighted by atomic mass is 19.3. The van der Waals surface area contributed by atoms with E-state index in [1.807, 2.05) is 20.8 Å². The summed E-state index contributed by atoms with van der Waals surface area (Å²) in [5.41, 5.74) is 0.514. The van der Waals surface area contributed by atoms with E-state index in [9.17, 15) is 18.4 Å². The standard InChI is InChI=1S/C24H28F2N6O3/c1-14-12-29-17-11-16(15-5-9-31(10-6-15)23(34)35-24(2,3)4)22(33)32(21(17)30-14)13-18-19(20(25)26)28-8-7-27-18/h7-8,11-12,15,20H,5-6,9-10,13H2,1-4H3. The first kappa shape index (κ1) is 24.6. The molecule has 4 heterocycles. The highest BCUT2D eigenvalue weighted by Crippen LogP contribution is 2.29. The zero-order valence-corrected chi connectivity index (χ0v) is 20.2. The average Bonchev–Trinajstić information content (AvgIpc) is 2.80. The number of amides is 1. The Morgan fingerprint density at radius 2 is 1.86 bits per heavy atom. The Hall–Kier alpha value is -3.50. The number of hydrogen-bond donors (Lipinski definition) is 0. The Kier molecular flexibility index (Phi) is 6.77. The van der Waals surface area contributed by atoms with E-state index in [2.05, 4.69) is 19.9 Å². The number of hydrogen-bond acceptors (Lipinski definition) is 7. The van der Waals surface area contributed by atoms with Gasteiger partial charge in [-0.2, -0.15) is 0 Å². The summed E-state index contributed by atoms with van der Waals surface area (Å²) >= 11 is 0. The average molecular weight is 487 g/mol. The first-order valence-corrected chi connectivity index (χ1v) is 11.5. The van der Waals surface area contributed by atoms with Crippen molar-refractivity contribution in [1.82, 2.24) is 29.4 Å². The molecule has 4 rings (SSSR count). The van der Waals surface area contributed by atoms with Gasteiger partial charge in [-0.1, -0.05) is 0 Å². The molecule has 3 aromatic rings. The molecule has 0 unspecified atom stereocenters. The van der Waals surface area contributed by atoms with Crippen molar-refractivity contribution in [3.63, 3.8) is 0 Å². The maximum absolute atomic E-state index is 13.6. The summed E-state index contributed by atoms with van der Waals surface area (Å²) in [6.45, 7) is 7.87. The van der Waals surface area contributed by atoms with Gasteiger partial charge in [0.15, 0.2) is 5.65 Å². The highest BCUT2D eigenvalue weighted by molar-refractivity contribution is 5.71. The highest BCUT2D eigenvalue weighted by Gasteiger charge is 2.30. The Balaban J connectivity index is 1.68. The third-order valence-electron chi connectivity index (χ3n) is 5.85. The van der Waals surface area contributed by atoms with Crippen molar-refractivity contribution in [2.45, 2.75) is 65.0 Å². The van der Waals surface area contributed by atoms with Gasteiger partial charge >= 0.3 is 6.09 Å². The summed E-state index contributed by atoms with van der Waals surface area (Å²) in [6.07, 6.45) is 2.04. The molecule has 0 spiro atoms. The summed E-state index contributed by atoms with van der Waals surface area (Å²) in [6, 6.07) is 1.72. The number of aryl methyl sites for hydroxylation is 1. The van der Waals surface area contributed by atoms with Gasteiger partial charge in [0.2, 0.25) is 0 Å². The number of alkyl halides is 2. The number of halogens is 2. The van der Waals surface area contributed by atoms with Gasteiger partial charge in [-0.3, -0.25) is 24.3 Å². The largest absolute Gasteiger partial charge is 0.444 e. The van der Waals surface area contributed by atoms with Gasteiger partial charge in [0.25, 0.3) is 12.0 Å². The molecule has 0 bridgehead atoms. The van der Waals surface area contributed by atoms with Crippen LogP contribution in [0.25, 0.3) is 11.2 Å². The second kappa shape index (κ2) is 9.63. The van der Waals surface area contributed by atoms with Crippen molar-refractivity contribution in [3.05, 3.63) is 57.7 Å². The van der Waals surface area contributed by atoms with Crippen LogP contribution >= 0.6 is 0 Å². The van der Waals surface area contributed by atoms with Crippen molar-refractivity contribution >= 4 is 17.3 Å². The lowest BCUT2D eigenvalue weighted by Gasteiger charge is -2.33. The fraction of sp³-hybridized carbons (Fsp3) is 0.500. The van der Waals surface area contributed by atoms with Gasteiger partial charge in [-0.15, -0.1) is 0 Å². The maximum Gasteiger partial charge on any atom is 0.410 e. The Morgan fingerprint density at radius 3 is 2.51 bits per heavy atom. The van der Waals surface area contributed by atoms with Crippen molar-refractivity contribution < 1.29 is 18.3 Å². The maximum atomic E-state index is 13.6. The molecular weight excluding hydrogens is 458 g/mol. The van der Waals surface area contributed by atoms with E-state index < -0.39 is 17.7 Å². The minimum atomic E-state index is -2.83. The second-order valence-corrected chi connectivity index (χ2v) is 9.64. The van der Waals surface area contributed by atoms with Crippen LogP contribution < -0.4 is 5.56 Å². The van der Waals surface area contributed by atoms with Crippen LogP contribution in [0.3, 0.4) is 0 Å². The fourth-order valence-electron chi connectivity index (χ4n) is 4.21. The van der Waals surface area contributed by atoms with Crippen LogP contribution in [0, 0.1) is 6.92 Å². The summed E-state index contributed by atoms with van der Waals surface area (Å²) in [7, 11) is 0. The predicted molar refractivity (Wildman–Crippen MR) is 124 cm³/mol. The van der Waals surface area contributed by atoms with E-state index >= 15 is 0 Å². The number of rotatable bonds is 4. The van der Waals surface area contributed by atoms with Crippen molar-refractivity contribution in [2.24, 2.45) is 0 Å². The predicted octanol–water partition coefficient (Wildman–Crippen LogP) is 3.99. The number of pyridine rings is 1. The van der Waals surface area contributed by atoms with E-state index in [1.54, 1.807) is 24.1 Å². The molecule has 1 aliphatic rings. The number of ether oxygens (including phenoxy) is 1. The molecule has 0 saturated carbocycles. The summed E-state index contributed by atoms with van der Waals surface area (Å²) in [5.74, 6) is -0.128. The summed E-state index contributed by atoms with van der Waals surface area (Å²) < 4.78 is 33.9. The SMILES string of the molecule is Cc1cnc2cc(C3CCN(C(=O)OC(C)(C)C)CC3)c(=O)n(Cc3nccnc3C(F)F)c2n1. The molecule has 1 saturated heterocycles. The van der Waals surface area contributed by atoms with Crippen LogP contribution in [-0.2, 0) is 11.3 Å². The number of likely N-dealkylation sites (tertiary alicyclic amines) is 1. The van der Waals surface area contributed by atoms with E-state index in [0.717, 1.165) is 0 Å². The molecule has 9 nitrogen and oxygen atoms in total. The molecule has 0 aromatic carbocycles. The molecular formula is C24H28F2N6O3. The molecule has 0 radical (unpaired) electrons. The molecule has 11 heteroatoms. The number of carbonyl (C=O) groups is 1. The molecule has 0 aliphatic carbocycles. The first-order valence-electron chi connectivity index (χ1n) is 11.5. The zero-order valence-electron chi connectivity index (χ0n) is 20.2. The third-order valence-corrected chi connectivity index (χ3v) is 5.85. The Bertz CT molecular complexity index is 1300. The molecule has 1 fully saturated rings. The number of fused-ring (bicyclic) bond motifs is 1. The van der Waals surface area contributed by atoms with Crippen LogP contribution in [0.4, 0.5) is 13.6 Å². The van der Waals surface area contributed by atoms with E-state index in [-0.39, 0.29) is 29.8 Å². The number of carbonyl (C=O) groups excluding carboxylic acids is 1. The quantitative estimate of drug-likeness (QED) is 0.549. The first-order chi connectivity index (χ1) is 16.5. The van der Waals surface area contributed by atoms with Crippen LogP contribution in [0.1, 0.15) is 68.6 Å². The Morgan fingerprint density at radius 1 is 1.17 bits per heavy atom. The molecule has 0 N–H and O–H groups in total.